The highest BCUT2D eigenvalue weighted by Crippen LogP contribution is 2.34. The number of nitriles is 1. The number of Topliss-reactive ketones (excluding diaryl/α,β-unsaturated/α-hetero) is 1. The van der Waals surface area contributed by atoms with Gasteiger partial charge in [0.2, 0.25) is 5.78 Å². The molecule has 0 atom stereocenters. The molecule has 0 N–H and O–H groups in total. The molecule has 0 spiro atoms. The number of pyridine rings is 1. The minimum absolute atomic E-state index is 0.0177. The predicted molar refractivity (Wildman–Crippen MR) is 115 cm³/mol. The lowest BCUT2D eigenvalue weighted by Crippen LogP contribution is -2.42. The fraction of sp³-hybridized carbons (Fsp3) is 0.250. The average Bonchev–Trinajstić information content (AvgIpc) is 2.79. The molecule has 2 aromatic carbocycles. The van der Waals surface area contributed by atoms with Gasteiger partial charge >= 0.3 is 0 Å². The minimum atomic E-state index is -0.452. The molecule has 1 aromatic heterocycles. The van der Waals surface area contributed by atoms with E-state index < -0.39 is 11.7 Å². The van der Waals surface area contributed by atoms with Crippen molar-refractivity contribution >= 4 is 34.1 Å². The van der Waals surface area contributed by atoms with Crippen LogP contribution in [-0.4, -0.2) is 34.7 Å². The van der Waals surface area contributed by atoms with Crippen molar-refractivity contribution < 1.29 is 9.59 Å². The van der Waals surface area contributed by atoms with Crippen LogP contribution in [-0.2, 0) is 16.0 Å². The predicted octanol–water partition coefficient (Wildman–Crippen LogP) is 4.28. The summed E-state index contributed by atoms with van der Waals surface area (Å²) >= 11 is 5.81. The summed E-state index contributed by atoms with van der Waals surface area (Å²) in [7, 11) is 0. The van der Waals surface area contributed by atoms with Crippen LogP contribution >= 0.6 is 11.6 Å². The number of piperidine rings is 1. The molecule has 4 rings (SSSR count). The Hall–Kier alpha value is -3.23. The van der Waals surface area contributed by atoms with Gasteiger partial charge in [-0.15, -0.1) is 0 Å². The van der Waals surface area contributed by atoms with Gasteiger partial charge in [-0.3, -0.25) is 14.6 Å². The number of hydrogen-bond acceptors (Lipinski definition) is 4. The number of benzene rings is 2. The SMILES string of the molecule is N#Cc1ccc(C2CCN(C(=O)C(=O)Cc3ccc(Cl)cn3)CC2)c2ccccc12. The standard InChI is InChI=1S/C24H20ClN3O2/c25-18-6-7-19(27-15-18)13-23(29)24(30)28-11-9-16(10-12-28)21-8-5-17(14-26)20-3-1-2-4-22(20)21/h1-8,15-16H,9-13H2. The fourth-order valence-corrected chi connectivity index (χ4v) is 4.21. The number of carbonyl (C=O) groups excluding carboxylic acids is 2. The molecular weight excluding hydrogens is 398 g/mol. The maximum absolute atomic E-state index is 12.6. The Labute approximate surface area is 179 Å². The van der Waals surface area contributed by atoms with Crippen LogP contribution in [0.3, 0.4) is 0 Å². The van der Waals surface area contributed by atoms with Crippen LogP contribution in [0.25, 0.3) is 10.8 Å². The fourth-order valence-electron chi connectivity index (χ4n) is 4.10. The van der Waals surface area contributed by atoms with Crippen molar-refractivity contribution in [2.45, 2.75) is 25.2 Å². The van der Waals surface area contributed by atoms with E-state index in [2.05, 4.69) is 11.1 Å². The Morgan fingerprint density at radius 3 is 2.47 bits per heavy atom. The van der Waals surface area contributed by atoms with Crippen molar-refractivity contribution in [1.29, 1.82) is 5.26 Å². The Morgan fingerprint density at radius 1 is 1.07 bits per heavy atom. The molecule has 0 unspecified atom stereocenters. The van der Waals surface area contributed by atoms with Crippen LogP contribution in [0.15, 0.2) is 54.7 Å². The van der Waals surface area contributed by atoms with E-state index in [0.717, 1.165) is 23.6 Å². The number of amides is 1. The zero-order valence-corrected chi connectivity index (χ0v) is 17.1. The molecular formula is C24H20ClN3O2. The molecule has 150 valence electrons. The number of hydrogen-bond donors (Lipinski definition) is 0. The normalized spacial score (nSPS) is 14.5. The van der Waals surface area contributed by atoms with Gasteiger partial charge in [0, 0.05) is 25.0 Å². The highest BCUT2D eigenvalue weighted by atomic mass is 35.5. The third kappa shape index (κ3) is 4.05. The molecule has 6 heteroatoms. The first kappa shape index (κ1) is 20.1. The number of carbonyl (C=O) groups is 2. The van der Waals surface area contributed by atoms with E-state index in [1.165, 1.54) is 11.8 Å². The first-order valence-electron chi connectivity index (χ1n) is 9.91. The largest absolute Gasteiger partial charge is 0.336 e. The van der Waals surface area contributed by atoms with E-state index in [4.69, 9.17) is 11.6 Å². The number of aromatic nitrogens is 1. The van der Waals surface area contributed by atoms with Crippen molar-refractivity contribution in [3.63, 3.8) is 0 Å². The summed E-state index contributed by atoms with van der Waals surface area (Å²) in [4.78, 5) is 30.7. The van der Waals surface area contributed by atoms with E-state index in [1.807, 2.05) is 36.4 Å². The number of rotatable bonds is 4. The summed E-state index contributed by atoms with van der Waals surface area (Å²) in [6.07, 6.45) is 3.03. The molecule has 2 heterocycles. The Morgan fingerprint density at radius 2 is 1.80 bits per heavy atom. The first-order valence-corrected chi connectivity index (χ1v) is 10.3. The molecule has 1 fully saturated rings. The second kappa shape index (κ2) is 8.64. The zero-order valence-electron chi connectivity index (χ0n) is 16.3. The van der Waals surface area contributed by atoms with Crippen LogP contribution < -0.4 is 0 Å². The van der Waals surface area contributed by atoms with Gasteiger partial charge in [0.1, 0.15) is 0 Å². The molecule has 30 heavy (non-hydrogen) atoms. The van der Waals surface area contributed by atoms with E-state index >= 15 is 0 Å². The molecule has 1 amide bonds. The summed E-state index contributed by atoms with van der Waals surface area (Å²) in [5, 5.41) is 11.9. The van der Waals surface area contributed by atoms with E-state index in [9.17, 15) is 14.9 Å². The molecule has 0 radical (unpaired) electrons. The monoisotopic (exact) mass is 417 g/mol. The minimum Gasteiger partial charge on any atom is -0.336 e. The van der Waals surface area contributed by atoms with Gasteiger partial charge < -0.3 is 4.90 Å². The van der Waals surface area contributed by atoms with E-state index in [0.29, 0.717) is 35.3 Å². The van der Waals surface area contributed by atoms with Crippen LogP contribution in [0.1, 0.15) is 35.6 Å². The molecule has 3 aromatic rings. The lowest BCUT2D eigenvalue weighted by Gasteiger charge is -2.32. The lowest BCUT2D eigenvalue weighted by atomic mass is 9.85. The highest BCUT2D eigenvalue weighted by Gasteiger charge is 2.28. The molecule has 1 saturated heterocycles. The first-order chi connectivity index (χ1) is 14.6. The third-order valence-corrected chi connectivity index (χ3v) is 5.89. The van der Waals surface area contributed by atoms with Gasteiger partial charge in [-0.05, 0) is 53.3 Å². The molecule has 1 aliphatic heterocycles. The Balaban J connectivity index is 1.43. The van der Waals surface area contributed by atoms with E-state index in [-0.39, 0.29) is 6.42 Å². The molecule has 0 aliphatic carbocycles. The summed E-state index contributed by atoms with van der Waals surface area (Å²) in [6.45, 7) is 1.08. The van der Waals surface area contributed by atoms with Crippen molar-refractivity contribution in [3.05, 3.63) is 76.6 Å². The molecule has 0 saturated carbocycles. The second-order valence-corrected chi connectivity index (χ2v) is 7.93. The van der Waals surface area contributed by atoms with Gasteiger partial charge in [0.15, 0.2) is 0 Å². The van der Waals surface area contributed by atoms with Crippen molar-refractivity contribution in [3.8, 4) is 6.07 Å². The number of likely N-dealkylation sites (tertiary alicyclic amines) is 1. The van der Waals surface area contributed by atoms with Crippen molar-refractivity contribution in [1.82, 2.24) is 9.88 Å². The van der Waals surface area contributed by atoms with Gasteiger partial charge in [0.25, 0.3) is 5.91 Å². The van der Waals surface area contributed by atoms with Gasteiger partial charge in [-0.1, -0.05) is 41.9 Å². The summed E-state index contributed by atoms with van der Waals surface area (Å²) in [5.74, 6) is -0.610. The Bertz CT molecular complexity index is 1140. The van der Waals surface area contributed by atoms with Crippen LogP contribution in [0.2, 0.25) is 5.02 Å². The number of fused-ring (bicyclic) bond motifs is 1. The Kier molecular flexibility index (Phi) is 5.78. The van der Waals surface area contributed by atoms with Gasteiger partial charge in [-0.2, -0.15) is 5.26 Å². The second-order valence-electron chi connectivity index (χ2n) is 7.49. The summed E-state index contributed by atoms with van der Waals surface area (Å²) in [5.41, 5.74) is 2.41. The quantitative estimate of drug-likeness (QED) is 0.594. The number of ketones is 1. The summed E-state index contributed by atoms with van der Waals surface area (Å²) in [6, 6.07) is 17.4. The van der Waals surface area contributed by atoms with Crippen LogP contribution in [0, 0.1) is 11.3 Å². The van der Waals surface area contributed by atoms with Crippen molar-refractivity contribution in [2.75, 3.05) is 13.1 Å². The maximum atomic E-state index is 12.6. The number of nitrogens with zero attached hydrogens (tertiary/aromatic N) is 3. The van der Waals surface area contributed by atoms with Gasteiger partial charge in [0.05, 0.1) is 23.1 Å². The number of halogens is 1. The molecule has 0 bridgehead atoms. The van der Waals surface area contributed by atoms with Gasteiger partial charge in [-0.25, -0.2) is 0 Å². The van der Waals surface area contributed by atoms with Crippen LogP contribution in [0.4, 0.5) is 0 Å². The van der Waals surface area contributed by atoms with E-state index in [1.54, 1.807) is 17.0 Å². The van der Waals surface area contributed by atoms with Crippen LogP contribution in [0.5, 0.6) is 0 Å². The molecule has 1 aliphatic rings. The highest BCUT2D eigenvalue weighted by molar-refractivity contribution is 6.36. The average molecular weight is 418 g/mol. The third-order valence-electron chi connectivity index (χ3n) is 5.67. The molecule has 5 nitrogen and oxygen atoms in total. The lowest BCUT2D eigenvalue weighted by molar-refractivity contribution is -0.145. The van der Waals surface area contributed by atoms with Crippen molar-refractivity contribution in [2.24, 2.45) is 0 Å². The topological polar surface area (TPSA) is 74.1 Å². The maximum Gasteiger partial charge on any atom is 0.290 e. The smallest absolute Gasteiger partial charge is 0.290 e. The zero-order chi connectivity index (χ0) is 21.1. The summed E-state index contributed by atoms with van der Waals surface area (Å²) < 4.78 is 0.